The molecule has 0 bridgehead atoms. The van der Waals surface area contributed by atoms with Crippen LogP contribution < -0.4 is 4.90 Å². The van der Waals surface area contributed by atoms with E-state index in [1.54, 1.807) is 19.0 Å². The summed E-state index contributed by atoms with van der Waals surface area (Å²) in [5.74, 6) is -10.2. The topological polar surface area (TPSA) is 98.4 Å². The summed E-state index contributed by atoms with van der Waals surface area (Å²) < 4.78 is 58.6. The molecular weight excluding hydrogens is 410 g/mol. The number of anilines is 1. The van der Waals surface area contributed by atoms with Gasteiger partial charge in [-0.1, -0.05) is 26.0 Å². The molecule has 2 aromatic rings. The summed E-state index contributed by atoms with van der Waals surface area (Å²) in [6, 6.07) is 10.7. The fourth-order valence-electron chi connectivity index (χ4n) is 2.81. The minimum atomic E-state index is -2.71. The Balaban J connectivity index is 0.00000233. The van der Waals surface area contributed by atoms with Crippen molar-refractivity contribution in [1.82, 2.24) is 0 Å². The van der Waals surface area contributed by atoms with Gasteiger partial charge in [-0.3, -0.25) is 0 Å². The van der Waals surface area contributed by atoms with Crippen molar-refractivity contribution >= 4 is 5.69 Å². The second-order valence-corrected chi connectivity index (χ2v) is 6.15. The Hall–Kier alpha value is -4.08. The van der Waals surface area contributed by atoms with Crippen LogP contribution in [0.3, 0.4) is 0 Å². The summed E-state index contributed by atoms with van der Waals surface area (Å²) in [5, 5.41) is 36.8. The van der Waals surface area contributed by atoms with E-state index in [4.69, 9.17) is 10.5 Å². The summed E-state index contributed by atoms with van der Waals surface area (Å²) in [7, 11) is 3.42. The molecule has 158 valence electrons. The van der Waals surface area contributed by atoms with E-state index in [1.165, 1.54) is 48.5 Å². The first-order chi connectivity index (χ1) is 14.7. The van der Waals surface area contributed by atoms with E-state index in [9.17, 15) is 28.1 Å². The van der Waals surface area contributed by atoms with E-state index in [0.717, 1.165) is 0 Å². The van der Waals surface area contributed by atoms with Crippen molar-refractivity contribution < 1.29 is 17.6 Å². The van der Waals surface area contributed by atoms with Crippen LogP contribution in [0.1, 0.15) is 36.5 Å². The molecular formula is C22H17F4N5. The highest BCUT2D eigenvalue weighted by molar-refractivity contribution is 5.58. The molecule has 0 fully saturated rings. The Morgan fingerprint density at radius 1 is 0.774 bits per heavy atom. The Morgan fingerprint density at radius 3 is 1.52 bits per heavy atom. The first kappa shape index (κ1) is 25.0. The van der Waals surface area contributed by atoms with Gasteiger partial charge in [0.25, 0.3) is 0 Å². The molecule has 0 unspecified atom stereocenters. The third kappa shape index (κ3) is 4.13. The Morgan fingerprint density at radius 2 is 1.19 bits per heavy atom. The predicted molar refractivity (Wildman–Crippen MR) is 104 cm³/mol. The molecule has 0 aromatic heterocycles. The first-order valence-corrected chi connectivity index (χ1v) is 8.96. The van der Waals surface area contributed by atoms with Crippen LogP contribution in [0.15, 0.2) is 24.3 Å². The number of rotatable bonds is 4. The quantitative estimate of drug-likeness (QED) is 0.516. The van der Waals surface area contributed by atoms with Gasteiger partial charge in [0, 0.05) is 19.8 Å². The summed E-state index contributed by atoms with van der Waals surface area (Å²) in [4.78, 5) is 1.68. The van der Waals surface area contributed by atoms with Gasteiger partial charge in [-0.05, 0) is 17.7 Å². The number of hydrogen-bond acceptors (Lipinski definition) is 5. The average Bonchev–Trinajstić information content (AvgIpc) is 2.80. The van der Waals surface area contributed by atoms with Gasteiger partial charge in [0.15, 0.2) is 34.6 Å². The second-order valence-electron chi connectivity index (χ2n) is 6.15. The maximum Gasteiger partial charge on any atom is 0.199 e. The molecule has 0 amide bonds. The van der Waals surface area contributed by atoms with Gasteiger partial charge in [-0.15, -0.1) is 0 Å². The smallest absolute Gasteiger partial charge is 0.199 e. The number of hydrogen-bond donors (Lipinski definition) is 0. The molecule has 31 heavy (non-hydrogen) atoms. The minimum absolute atomic E-state index is 0.213. The highest BCUT2D eigenvalue weighted by Gasteiger charge is 2.44. The zero-order chi connectivity index (χ0) is 23.9. The highest BCUT2D eigenvalue weighted by Crippen LogP contribution is 2.39. The van der Waals surface area contributed by atoms with Crippen LogP contribution in [-0.2, 0) is 5.41 Å². The van der Waals surface area contributed by atoms with Crippen LogP contribution >= 0.6 is 0 Å². The van der Waals surface area contributed by atoms with Crippen LogP contribution in [0.5, 0.6) is 0 Å². The summed E-state index contributed by atoms with van der Waals surface area (Å²) in [6.45, 7) is 4.00. The van der Waals surface area contributed by atoms with Crippen molar-refractivity contribution in [2.24, 2.45) is 0 Å². The number of halogens is 4. The van der Waals surface area contributed by atoms with Crippen molar-refractivity contribution in [3.05, 3.63) is 64.2 Å². The fraction of sp³-hybridized carbons (Fsp3) is 0.273. The molecule has 0 heterocycles. The summed E-state index contributed by atoms with van der Waals surface area (Å²) in [5.41, 5.74) is -5.16. The second kappa shape index (κ2) is 10.1. The SMILES string of the molecule is CC.CN(C)c1ccc(C(C#N)(C#N)c2c(F)c(F)c(C(C#N)C#N)c(F)c2F)cc1. The van der Waals surface area contributed by atoms with Gasteiger partial charge in [-0.25, -0.2) is 17.6 Å². The molecule has 0 saturated heterocycles. The predicted octanol–water partition coefficient (Wildman–Crippen LogP) is 4.80. The lowest BCUT2D eigenvalue weighted by atomic mass is 9.75. The van der Waals surface area contributed by atoms with E-state index in [2.05, 4.69) is 0 Å². The third-order valence-electron chi connectivity index (χ3n) is 4.37. The Kier molecular flexibility index (Phi) is 8.13. The van der Waals surface area contributed by atoms with Crippen LogP contribution in [0.4, 0.5) is 23.2 Å². The van der Waals surface area contributed by atoms with Crippen LogP contribution in [0.2, 0.25) is 0 Å². The third-order valence-corrected chi connectivity index (χ3v) is 4.37. The molecule has 0 saturated carbocycles. The van der Waals surface area contributed by atoms with E-state index in [1.807, 2.05) is 13.8 Å². The van der Waals surface area contributed by atoms with Gasteiger partial charge in [0.05, 0.1) is 35.4 Å². The molecule has 9 heteroatoms. The molecule has 5 nitrogen and oxygen atoms in total. The molecule has 0 atom stereocenters. The lowest BCUT2D eigenvalue weighted by Crippen LogP contribution is -2.29. The first-order valence-electron chi connectivity index (χ1n) is 8.96. The maximum atomic E-state index is 14.8. The monoisotopic (exact) mass is 427 g/mol. The van der Waals surface area contributed by atoms with Crippen molar-refractivity contribution in [2.45, 2.75) is 25.2 Å². The average molecular weight is 427 g/mol. The standard InChI is InChI=1S/C20H11F4N5.C2H6/c1-29(2)13-5-3-12(4-6-13)20(9-27,10-28)15-18(23)16(21)14(11(7-25)8-26)17(22)19(15)24;1-2/h3-6,11H,1-2H3;1-2H3. The van der Waals surface area contributed by atoms with E-state index in [0.29, 0.717) is 5.69 Å². The highest BCUT2D eigenvalue weighted by atomic mass is 19.2. The van der Waals surface area contributed by atoms with Gasteiger partial charge < -0.3 is 4.90 Å². The Bertz CT molecular complexity index is 1070. The summed E-state index contributed by atoms with van der Waals surface area (Å²) >= 11 is 0. The normalized spacial score (nSPS) is 10.1. The molecule has 0 aliphatic carbocycles. The fourth-order valence-corrected chi connectivity index (χ4v) is 2.81. The molecule has 2 aromatic carbocycles. The summed E-state index contributed by atoms with van der Waals surface area (Å²) in [6.07, 6.45) is 0. The van der Waals surface area contributed by atoms with E-state index in [-0.39, 0.29) is 5.56 Å². The van der Waals surface area contributed by atoms with E-state index < -0.39 is 45.7 Å². The minimum Gasteiger partial charge on any atom is -0.378 e. The van der Waals surface area contributed by atoms with Crippen molar-refractivity contribution in [3.8, 4) is 24.3 Å². The van der Waals surface area contributed by atoms with Crippen molar-refractivity contribution in [2.75, 3.05) is 19.0 Å². The van der Waals surface area contributed by atoms with Gasteiger partial charge in [0.2, 0.25) is 0 Å². The number of benzene rings is 2. The molecule has 0 spiro atoms. The number of nitrogens with zero attached hydrogens (tertiary/aromatic N) is 5. The lowest BCUT2D eigenvalue weighted by molar-refractivity contribution is 0.419. The van der Waals surface area contributed by atoms with Gasteiger partial charge in [0.1, 0.15) is 0 Å². The van der Waals surface area contributed by atoms with Crippen molar-refractivity contribution in [1.29, 1.82) is 21.0 Å². The van der Waals surface area contributed by atoms with Crippen LogP contribution in [0, 0.1) is 68.6 Å². The number of nitriles is 4. The molecule has 0 aliphatic rings. The zero-order valence-electron chi connectivity index (χ0n) is 17.1. The zero-order valence-corrected chi connectivity index (χ0v) is 17.1. The van der Waals surface area contributed by atoms with E-state index >= 15 is 0 Å². The molecule has 0 N–H and O–H groups in total. The van der Waals surface area contributed by atoms with Gasteiger partial charge in [-0.2, -0.15) is 21.0 Å². The molecule has 0 aliphatic heterocycles. The van der Waals surface area contributed by atoms with Crippen LogP contribution in [0.25, 0.3) is 0 Å². The van der Waals surface area contributed by atoms with Crippen LogP contribution in [-0.4, -0.2) is 14.1 Å². The lowest BCUT2D eigenvalue weighted by Gasteiger charge is -2.23. The van der Waals surface area contributed by atoms with Crippen molar-refractivity contribution in [3.63, 3.8) is 0 Å². The molecule has 0 radical (unpaired) electrons. The molecule has 2 rings (SSSR count). The largest absolute Gasteiger partial charge is 0.378 e. The Labute approximate surface area is 177 Å². The maximum absolute atomic E-state index is 14.8. The van der Waals surface area contributed by atoms with Gasteiger partial charge >= 0.3 is 0 Å².